The molecule has 1 aromatic carbocycles. The van der Waals surface area contributed by atoms with Crippen molar-refractivity contribution in [3.8, 4) is 5.69 Å². The first-order valence-corrected chi connectivity index (χ1v) is 7.82. The van der Waals surface area contributed by atoms with Gasteiger partial charge < -0.3 is 5.32 Å². The summed E-state index contributed by atoms with van der Waals surface area (Å²) in [5.74, 6) is 0.307. The van der Waals surface area contributed by atoms with Crippen LogP contribution in [0.15, 0.2) is 47.4 Å². The van der Waals surface area contributed by atoms with E-state index >= 15 is 0 Å². The molecule has 0 saturated carbocycles. The Morgan fingerprint density at radius 3 is 2.82 bits per heavy atom. The van der Waals surface area contributed by atoms with E-state index in [1.807, 2.05) is 16.8 Å². The first-order valence-electron chi connectivity index (χ1n) is 6.87. The SMILES string of the molecule is O=C1CC(c2ccsc2)c2ncn(-c3ccc(F)cc3)c2N1. The molecule has 2 aromatic heterocycles. The number of hydrogen-bond acceptors (Lipinski definition) is 3. The number of nitrogens with zero attached hydrogens (tertiary/aromatic N) is 2. The second kappa shape index (κ2) is 5.06. The van der Waals surface area contributed by atoms with E-state index in [0.717, 1.165) is 16.9 Å². The number of nitrogens with one attached hydrogen (secondary N) is 1. The van der Waals surface area contributed by atoms with Crippen LogP contribution in [0.4, 0.5) is 10.2 Å². The van der Waals surface area contributed by atoms with E-state index in [4.69, 9.17) is 0 Å². The summed E-state index contributed by atoms with van der Waals surface area (Å²) in [6.07, 6.45) is 2.06. The summed E-state index contributed by atoms with van der Waals surface area (Å²) < 4.78 is 14.9. The zero-order chi connectivity index (χ0) is 15.1. The molecule has 22 heavy (non-hydrogen) atoms. The molecule has 0 saturated heterocycles. The Kier molecular flexibility index (Phi) is 3.04. The van der Waals surface area contributed by atoms with E-state index < -0.39 is 0 Å². The number of anilines is 1. The largest absolute Gasteiger partial charge is 0.310 e. The third-order valence-electron chi connectivity index (χ3n) is 3.82. The molecule has 1 N–H and O–H groups in total. The van der Waals surface area contributed by atoms with Gasteiger partial charge in [0.25, 0.3) is 0 Å². The molecule has 1 aliphatic rings. The predicted octanol–water partition coefficient (Wildman–Crippen LogP) is 3.55. The van der Waals surface area contributed by atoms with E-state index in [9.17, 15) is 9.18 Å². The van der Waals surface area contributed by atoms with E-state index in [0.29, 0.717) is 12.2 Å². The lowest BCUT2D eigenvalue weighted by Gasteiger charge is -2.22. The van der Waals surface area contributed by atoms with Crippen LogP contribution < -0.4 is 5.32 Å². The average molecular weight is 313 g/mol. The Labute approximate surface area is 130 Å². The van der Waals surface area contributed by atoms with Crippen LogP contribution in [0.25, 0.3) is 5.69 Å². The summed E-state index contributed by atoms with van der Waals surface area (Å²) in [6, 6.07) is 8.13. The Balaban J connectivity index is 1.82. The van der Waals surface area contributed by atoms with Crippen molar-refractivity contribution in [2.75, 3.05) is 5.32 Å². The van der Waals surface area contributed by atoms with Crippen molar-refractivity contribution in [2.45, 2.75) is 12.3 Å². The zero-order valence-electron chi connectivity index (χ0n) is 11.5. The van der Waals surface area contributed by atoms with E-state index in [1.165, 1.54) is 12.1 Å². The monoisotopic (exact) mass is 313 g/mol. The molecular weight excluding hydrogens is 301 g/mol. The normalized spacial score (nSPS) is 17.1. The lowest BCUT2D eigenvalue weighted by Crippen LogP contribution is -2.24. The van der Waals surface area contributed by atoms with Gasteiger partial charge >= 0.3 is 0 Å². The fourth-order valence-electron chi connectivity index (χ4n) is 2.75. The molecule has 0 fully saturated rings. The van der Waals surface area contributed by atoms with Crippen molar-refractivity contribution < 1.29 is 9.18 Å². The van der Waals surface area contributed by atoms with Gasteiger partial charge in [-0.1, -0.05) is 0 Å². The molecule has 4 nitrogen and oxygen atoms in total. The van der Waals surface area contributed by atoms with Gasteiger partial charge in [0.05, 0.1) is 5.69 Å². The molecule has 3 heterocycles. The molecule has 1 aliphatic heterocycles. The van der Waals surface area contributed by atoms with Crippen molar-refractivity contribution >= 4 is 23.1 Å². The first-order chi connectivity index (χ1) is 10.7. The summed E-state index contributed by atoms with van der Waals surface area (Å²) in [6.45, 7) is 0. The van der Waals surface area contributed by atoms with Crippen LogP contribution in [-0.2, 0) is 4.79 Å². The van der Waals surface area contributed by atoms with Crippen molar-refractivity contribution in [3.05, 3.63) is 64.5 Å². The van der Waals surface area contributed by atoms with Crippen molar-refractivity contribution in [3.63, 3.8) is 0 Å². The number of amides is 1. The van der Waals surface area contributed by atoms with Gasteiger partial charge in [0, 0.05) is 18.0 Å². The molecular formula is C16H12FN3OS. The van der Waals surface area contributed by atoms with Crippen molar-refractivity contribution in [1.82, 2.24) is 9.55 Å². The number of carbonyl (C=O) groups excluding carboxylic acids is 1. The van der Waals surface area contributed by atoms with Gasteiger partial charge in [-0.2, -0.15) is 11.3 Å². The van der Waals surface area contributed by atoms with Gasteiger partial charge in [-0.05, 0) is 46.7 Å². The van der Waals surface area contributed by atoms with Crippen LogP contribution >= 0.6 is 11.3 Å². The zero-order valence-corrected chi connectivity index (χ0v) is 12.3. The summed E-state index contributed by atoms with van der Waals surface area (Å²) in [5, 5.41) is 6.93. The molecule has 6 heteroatoms. The van der Waals surface area contributed by atoms with Gasteiger partial charge in [0.2, 0.25) is 5.91 Å². The highest BCUT2D eigenvalue weighted by Gasteiger charge is 2.31. The van der Waals surface area contributed by atoms with Gasteiger partial charge in [-0.3, -0.25) is 9.36 Å². The molecule has 0 radical (unpaired) electrons. The van der Waals surface area contributed by atoms with Crippen LogP contribution in [0.1, 0.15) is 23.6 Å². The van der Waals surface area contributed by atoms with Crippen molar-refractivity contribution in [2.24, 2.45) is 0 Å². The molecule has 0 aliphatic carbocycles. The average Bonchev–Trinajstić information content (AvgIpc) is 3.16. The molecule has 4 rings (SSSR count). The van der Waals surface area contributed by atoms with Crippen LogP contribution in [-0.4, -0.2) is 15.5 Å². The molecule has 1 atom stereocenters. The molecule has 110 valence electrons. The topological polar surface area (TPSA) is 46.9 Å². The lowest BCUT2D eigenvalue weighted by atomic mass is 9.92. The number of aromatic nitrogens is 2. The molecule has 0 bridgehead atoms. The maximum atomic E-state index is 13.1. The highest BCUT2D eigenvalue weighted by atomic mass is 32.1. The second-order valence-electron chi connectivity index (χ2n) is 5.19. The summed E-state index contributed by atoms with van der Waals surface area (Å²) in [4.78, 5) is 16.5. The quantitative estimate of drug-likeness (QED) is 0.786. The molecule has 1 amide bonds. The number of hydrogen-bond donors (Lipinski definition) is 1. The van der Waals surface area contributed by atoms with Crippen LogP contribution in [0.5, 0.6) is 0 Å². The second-order valence-corrected chi connectivity index (χ2v) is 5.97. The van der Waals surface area contributed by atoms with Crippen LogP contribution in [0.2, 0.25) is 0 Å². The predicted molar refractivity (Wildman–Crippen MR) is 82.9 cm³/mol. The number of thiophene rings is 1. The summed E-state index contributed by atoms with van der Waals surface area (Å²) in [5.41, 5.74) is 2.72. The molecule has 3 aromatic rings. The van der Waals surface area contributed by atoms with Gasteiger partial charge in [0.1, 0.15) is 18.0 Å². The maximum absolute atomic E-state index is 13.1. The minimum Gasteiger partial charge on any atom is -0.310 e. The number of halogens is 1. The fourth-order valence-corrected chi connectivity index (χ4v) is 3.47. The van der Waals surface area contributed by atoms with E-state index in [1.54, 1.807) is 34.4 Å². The Bertz CT molecular complexity index is 824. The van der Waals surface area contributed by atoms with Crippen LogP contribution in [0.3, 0.4) is 0 Å². The number of carbonyl (C=O) groups is 1. The van der Waals surface area contributed by atoms with E-state index in [2.05, 4.69) is 10.3 Å². The summed E-state index contributed by atoms with van der Waals surface area (Å²) >= 11 is 1.61. The lowest BCUT2D eigenvalue weighted by molar-refractivity contribution is -0.116. The van der Waals surface area contributed by atoms with Crippen LogP contribution in [0, 0.1) is 5.82 Å². The van der Waals surface area contributed by atoms with Crippen molar-refractivity contribution in [1.29, 1.82) is 0 Å². The smallest absolute Gasteiger partial charge is 0.226 e. The Morgan fingerprint density at radius 1 is 1.27 bits per heavy atom. The van der Waals surface area contributed by atoms with Gasteiger partial charge in [-0.25, -0.2) is 9.37 Å². The van der Waals surface area contributed by atoms with Gasteiger partial charge in [-0.15, -0.1) is 0 Å². The molecule has 0 spiro atoms. The van der Waals surface area contributed by atoms with Gasteiger partial charge in [0.15, 0.2) is 0 Å². The molecule has 1 unspecified atom stereocenters. The minimum absolute atomic E-state index is 0.0308. The minimum atomic E-state index is -0.294. The standard InChI is InChI=1S/C16H12FN3OS/c17-11-1-3-12(4-2-11)20-9-18-15-13(10-5-6-22-8-10)7-14(21)19-16(15)20/h1-6,8-9,13H,7H2,(H,19,21). The number of rotatable bonds is 2. The number of benzene rings is 1. The Hall–Kier alpha value is -2.47. The summed E-state index contributed by atoms with van der Waals surface area (Å²) in [7, 11) is 0. The Morgan fingerprint density at radius 2 is 2.09 bits per heavy atom. The number of imidazole rings is 1. The number of fused-ring (bicyclic) bond motifs is 1. The maximum Gasteiger partial charge on any atom is 0.226 e. The first kappa shape index (κ1) is 13.2. The highest BCUT2D eigenvalue weighted by Crippen LogP contribution is 2.37. The third-order valence-corrected chi connectivity index (χ3v) is 4.53. The third kappa shape index (κ3) is 2.12. The fraction of sp³-hybridized carbons (Fsp3) is 0.125. The van der Waals surface area contributed by atoms with E-state index in [-0.39, 0.29) is 17.6 Å². The highest BCUT2D eigenvalue weighted by molar-refractivity contribution is 7.08.